The molecule has 1 aliphatic rings. The Bertz CT molecular complexity index is 526. The van der Waals surface area contributed by atoms with Gasteiger partial charge < -0.3 is 15.7 Å². The summed E-state index contributed by atoms with van der Waals surface area (Å²) in [6.45, 7) is -0.705. The van der Waals surface area contributed by atoms with Crippen LogP contribution < -0.4 is 10.6 Å². The lowest BCUT2D eigenvalue weighted by Gasteiger charge is -2.23. The average molecular weight is 316 g/mol. The fourth-order valence-electron chi connectivity index (χ4n) is 2.66. The molecule has 7 heteroatoms. The van der Waals surface area contributed by atoms with Crippen molar-refractivity contribution in [2.75, 3.05) is 5.32 Å². The minimum Gasteiger partial charge on any atom is -0.392 e. The molecule has 4 nitrogen and oxygen atoms in total. The van der Waals surface area contributed by atoms with E-state index < -0.39 is 24.4 Å². The zero-order valence-corrected chi connectivity index (χ0v) is 12.0. The van der Waals surface area contributed by atoms with E-state index in [2.05, 4.69) is 10.6 Å². The van der Waals surface area contributed by atoms with Gasteiger partial charge in [-0.25, -0.2) is 4.79 Å². The Morgan fingerprint density at radius 1 is 1.23 bits per heavy atom. The van der Waals surface area contributed by atoms with Crippen LogP contribution in [0.3, 0.4) is 0 Å². The topological polar surface area (TPSA) is 61.4 Å². The van der Waals surface area contributed by atoms with Crippen LogP contribution in [0.25, 0.3) is 0 Å². The molecule has 0 saturated heterocycles. The van der Waals surface area contributed by atoms with Gasteiger partial charge in [0, 0.05) is 11.7 Å². The zero-order valence-electron chi connectivity index (χ0n) is 12.0. The van der Waals surface area contributed by atoms with E-state index in [-0.39, 0.29) is 17.3 Å². The number of urea groups is 1. The Morgan fingerprint density at radius 2 is 1.91 bits per heavy atom. The molecule has 1 aromatic rings. The quantitative estimate of drug-likeness (QED) is 0.797. The lowest BCUT2D eigenvalue weighted by Crippen LogP contribution is -2.39. The summed E-state index contributed by atoms with van der Waals surface area (Å²) < 4.78 is 38.7. The lowest BCUT2D eigenvalue weighted by atomic mass is 9.96. The Kier molecular flexibility index (Phi) is 5.28. The van der Waals surface area contributed by atoms with Crippen molar-refractivity contribution in [2.45, 2.75) is 50.9 Å². The molecule has 0 aromatic heterocycles. The number of hydrogen-bond donors (Lipinski definition) is 3. The van der Waals surface area contributed by atoms with Gasteiger partial charge in [0.15, 0.2) is 0 Å². The minimum absolute atomic E-state index is 0.0536. The van der Waals surface area contributed by atoms with Crippen LogP contribution >= 0.6 is 0 Å². The third-order valence-electron chi connectivity index (χ3n) is 3.78. The van der Waals surface area contributed by atoms with E-state index in [0.29, 0.717) is 0 Å². The summed E-state index contributed by atoms with van der Waals surface area (Å²) in [5, 5.41) is 14.2. The van der Waals surface area contributed by atoms with E-state index in [4.69, 9.17) is 5.11 Å². The molecule has 0 unspecified atom stereocenters. The molecule has 22 heavy (non-hydrogen) atoms. The summed E-state index contributed by atoms with van der Waals surface area (Å²) in [6.07, 6.45) is 0.463. The fourth-order valence-corrected chi connectivity index (χ4v) is 2.66. The number of carbonyl (C=O) groups is 1. The first kappa shape index (κ1) is 16.6. The summed E-state index contributed by atoms with van der Waals surface area (Å²) >= 11 is 0. The molecule has 2 amide bonds. The number of aliphatic hydroxyl groups excluding tert-OH is 1. The molecule has 0 bridgehead atoms. The number of anilines is 1. The van der Waals surface area contributed by atoms with Gasteiger partial charge in [-0.05, 0) is 30.5 Å². The first-order valence-corrected chi connectivity index (χ1v) is 7.28. The summed E-state index contributed by atoms with van der Waals surface area (Å²) in [5.41, 5.74) is -1.10. The number of alkyl halides is 3. The number of carbonyl (C=O) groups excluding carboxylic acids is 1. The maximum absolute atomic E-state index is 12.9. The number of hydrogen-bond acceptors (Lipinski definition) is 2. The second-order valence-electron chi connectivity index (χ2n) is 5.46. The number of aliphatic hydroxyl groups is 1. The Hall–Kier alpha value is -1.76. The van der Waals surface area contributed by atoms with Crippen LogP contribution in [-0.4, -0.2) is 17.2 Å². The van der Waals surface area contributed by atoms with Gasteiger partial charge >= 0.3 is 12.2 Å². The Balaban J connectivity index is 2.04. The molecule has 0 spiro atoms. The molecular weight excluding hydrogens is 297 g/mol. The van der Waals surface area contributed by atoms with E-state index in [1.807, 2.05) is 0 Å². The minimum atomic E-state index is -4.57. The first-order chi connectivity index (χ1) is 10.4. The van der Waals surface area contributed by atoms with Crippen molar-refractivity contribution in [3.8, 4) is 0 Å². The molecule has 2 rings (SSSR count). The summed E-state index contributed by atoms with van der Waals surface area (Å²) in [6, 6.07) is 2.93. The van der Waals surface area contributed by atoms with Crippen LogP contribution in [0, 0.1) is 0 Å². The van der Waals surface area contributed by atoms with E-state index in [0.717, 1.165) is 38.2 Å². The van der Waals surface area contributed by atoms with Gasteiger partial charge in [0.25, 0.3) is 0 Å². The number of amides is 2. The number of nitrogens with one attached hydrogen (secondary N) is 2. The third-order valence-corrected chi connectivity index (χ3v) is 3.78. The largest absolute Gasteiger partial charge is 0.416 e. The van der Waals surface area contributed by atoms with Crippen molar-refractivity contribution < 1.29 is 23.1 Å². The van der Waals surface area contributed by atoms with Gasteiger partial charge in [0.05, 0.1) is 12.2 Å². The molecule has 3 N–H and O–H groups in total. The Morgan fingerprint density at radius 3 is 2.50 bits per heavy atom. The number of benzene rings is 1. The molecule has 0 heterocycles. The highest BCUT2D eigenvalue weighted by atomic mass is 19.4. The first-order valence-electron chi connectivity index (χ1n) is 7.28. The zero-order chi connectivity index (χ0) is 16.2. The van der Waals surface area contributed by atoms with Crippen molar-refractivity contribution in [2.24, 2.45) is 0 Å². The smallest absolute Gasteiger partial charge is 0.392 e. The van der Waals surface area contributed by atoms with Gasteiger partial charge in [-0.15, -0.1) is 0 Å². The van der Waals surface area contributed by atoms with E-state index in [1.54, 1.807) is 0 Å². The fraction of sp³-hybridized carbons (Fsp3) is 0.533. The second-order valence-corrected chi connectivity index (χ2v) is 5.46. The third kappa shape index (κ3) is 4.37. The molecule has 1 fully saturated rings. The Labute approximate surface area is 126 Å². The molecule has 1 aliphatic carbocycles. The van der Waals surface area contributed by atoms with E-state index in [1.165, 1.54) is 12.1 Å². The van der Waals surface area contributed by atoms with Gasteiger partial charge in [0.1, 0.15) is 0 Å². The van der Waals surface area contributed by atoms with Gasteiger partial charge in [-0.2, -0.15) is 13.2 Å². The van der Waals surface area contributed by atoms with E-state index >= 15 is 0 Å². The van der Waals surface area contributed by atoms with Crippen molar-refractivity contribution in [3.63, 3.8) is 0 Å². The van der Waals surface area contributed by atoms with Crippen molar-refractivity contribution in [1.82, 2.24) is 5.32 Å². The SMILES string of the molecule is O=C(Nc1ccc(CO)c(C(F)(F)F)c1)NC1CCCCC1. The monoisotopic (exact) mass is 316 g/mol. The average Bonchev–Trinajstić information content (AvgIpc) is 2.47. The summed E-state index contributed by atoms with van der Waals surface area (Å²) in [7, 11) is 0. The van der Waals surface area contributed by atoms with Gasteiger partial charge in [-0.3, -0.25) is 0 Å². The summed E-state index contributed by atoms with van der Waals surface area (Å²) in [4.78, 5) is 11.8. The van der Waals surface area contributed by atoms with Crippen molar-refractivity contribution >= 4 is 11.7 Å². The van der Waals surface area contributed by atoms with Crippen LogP contribution in [0.2, 0.25) is 0 Å². The van der Waals surface area contributed by atoms with Crippen LogP contribution in [0.4, 0.5) is 23.7 Å². The second kappa shape index (κ2) is 7.00. The molecule has 1 saturated carbocycles. The molecule has 122 valence electrons. The predicted molar refractivity (Wildman–Crippen MR) is 76.4 cm³/mol. The van der Waals surface area contributed by atoms with E-state index in [9.17, 15) is 18.0 Å². The van der Waals surface area contributed by atoms with Crippen LogP contribution in [0.5, 0.6) is 0 Å². The summed E-state index contributed by atoms with van der Waals surface area (Å²) in [5.74, 6) is 0. The normalized spacial score (nSPS) is 16.4. The highest BCUT2D eigenvalue weighted by Crippen LogP contribution is 2.33. The number of rotatable bonds is 3. The standard InChI is InChI=1S/C15H19F3N2O2/c16-15(17,18)13-8-12(7-6-10(13)9-21)20-14(22)19-11-4-2-1-3-5-11/h6-8,11,21H,1-5,9H2,(H2,19,20,22). The van der Waals surface area contributed by atoms with Crippen molar-refractivity contribution in [1.29, 1.82) is 0 Å². The molecule has 0 aliphatic heterocycles. The molecule has 1 aromatic carbocycles. The van der Waals surface area contributed by atoms with Crippen LogP contribution in [0.15, 0.2) is 18.2 Å². The van der Waals surface area contributed by atoms with Crippen LogP contribution in [-0.2, 0) is 12.8 Å². The molecule has 0 radical (unpaired) electrons. The van der Waals surface area contributed by atoms with Gasteiger partial charge in [0.2, 0.25) is 0 Å². The maximum atomic E-state index is 12.9. The number of halogens is 3. The highest BCUT2D eigenvalue weighted by molar-refractivity contribution is 5.89. The van der Waals surface area contributed by atoms with Gasteiger partial charge in [-0.1, -0.05) is 25.3 Å². The van der Waals surface area contributed by atoms with Crippen molar-refractivity contribution in [3.05, 3.63) is 29.3 Å². The lowest BCUT2D eigenvalue weighted by molar-refractivity contribution is -0.138. The maximum Gasteiger partial charge on any atom is 0.416 e. The molecule has 0 atom stereocenters. The van der Waals surface area contributed by atoms with Crippen LogP contribution in [0.1, 0.15) is 43.2 Å². The molecular formula is C15H19F3N2O2. The highest BCUT2D eigenvalue weighted by Gasteiger charge is 2.33. The predicted octanol–water partition coefficient (Wildman–Crippen LogP) is 3.65.